The third-order valence-electron chi connectivity index (χ3n) is 3.79. The van der Waals surface area contributed by atoms with Gasteiger partial charge in [-0.2, -0.15) is 0 Å². The number of rotatable bonds is 2. The lowest BCUT2D eigenvalue weighted by Crippen LogP contribution is -2.19. The van der Waals surface area contributed by atoms with Crippen LogP contribution in [0.2, 0.25) is 5.22 Å². The van der Waals surface area contributed by atoms with E-state index in [4.69, 9.17) is 16.0 Å². The topological polar surface area (TPSA) is 50.4 Å². The lowest BCUT2D eigenvalue weighted by molar-refractivity contribution is 0.101. The first-order chi connectivity index (χ1) is 10.4. The first-order valence-corrected chi connectivity index (χ1v) is 7.97. The van der Waals surface area contributed by atoms with Crippen molar-refractivity contribution < 1.29 is 14.3 Å². The Morgan fingerprint density at radius 2 is 1.48 bits per heavy atom. The summed E-state index contributed by atoms with van der Waals surface area (Å²) in [5.41, 5.74) is 1.39. The number of benzene rings is 1. The zero-order chi connectivity index (χ0) is 17.6. The summed E-state index contributed by atoms with van der Waals surface area (Å²) in [5.74, 6) is 0.201. The molecule has 0 atom stereocenters. The van der Waals surface area contributed by atoms with Gasteiger partial charge in [0.15, 0.2) is 11.0 Å². The van der Waals surface area contributed by atoms with Crippen LogP contribution in [0.15, 0.2) is 28.7 Å². The molecule has 2 rings (SSSR count). The molecule has 0 fully saturated rings. The van der Waals surface area contributed by atoms with Gasteiger partial charge in [-0.3, -0.25) is 4.79 Å². The summed E-state index contributed by atoms with van der Waals surface area (Å²) in [7, 11) is 0. The van der Waals surface area contributed by atoms with E-state index in [9.17, 15) is 9.90 Å². The molecule has 124 valence electrons. The summed E-state index contributed by atoms with van der Waals surface area (Å²) < 4.78 is 5.23. The first-order valence-electron chi connectivity index (χ1n) is 7.59. The van der Waals surface area contributed by atoms with Gasteiger partial charge in [-0.05, 0) is 46.7 Å². The highest BCUT2D eigenvalue weighted by Crippen LogP contribution is 2.40. The van der Waals surface area contributed by atoms with E-state index in [1.165, 1.54) is 0 Å². The largest absolute Gasteiger partial charge is 0.507 e. The van der Waals surface area contributed by atoms with Crippen LogP contribution in [0.3, 0.4) is 0 Å². The van der Waals surface area contributed by atoms with Gasteiger partial charge in [-0.1, -0.05) is 41.5 Å². The average molecular weight is 335 g/mol. The third-order valence-corrected chi connectivity index (χ3v) is 3.99. The summed E-state index contributed by atoms with van der Waals surface area (Å²) in [4.78, 5) is 12.7. The average Bonchev–Trinajstić information content (AvgIpc) is 2.82. The van der Waals surface area contributed by atoms with Gasteiger partial charge in [0.25, 0.3) is 0 Å². The van der Waals surface area contributed by atoms with E-state index in [2.05, 4.69) is 0 Å². The Bertz CT molecular complexity index is 708. The van der Waals surface area contributed by atoms with Crippen LogP contribution in [-0.4, -0.2) is 10.9 Å². The molecule has 1 aromatic carbocycles. The molecule has 3 nitrogen and oxygen atoms in total. The number of carbonyl (C=O) groups excluding carboxylic acids is 1. The standard InChI is InChI=1S/C19H23ClO3/c1-18(2,3)12-9-11(10-13(17(12)22)19(4,5)6)16(21)14-7-8-15(20)23-14/h7-10,22H,1-6H3. The van der Waals surface area contributed by atoms with Crippen molar-refractivity contribution in [2.45, 2.75) is 52.4 Å². The van der Waals surface area contributed by atoms with Gasteiger partial charge in [-0.25, -0.2) is 0 Å². The molecule has 0 aliphatic rings. The zero-order valence-corrected chi connectivity index (χ0v) is 15.2. The first kappa shape index (κ1) is 17.6. The van der Waals surface area contributed by atoms with Crippen LogP contribution >= 0.6 is 11.6 Å². The van der Waals surface area contributed by atoms with E-state index in [1.54, 1.807) is 24.3 Å². The van der Waals surface area contributed by atoms with Crippen LogP contribution < -0.4 is 0 Å². The van der Waals surface area contributed by atoms with Crippen molar-refractivity contribution in [3.05, 3.63) is 51.9 Å². The molecule has 0 saturated heterocycles. The van der Waals surface area contributed by atoms with E-state index >= 15 is 0 Å². The Hall–Kier alpha value is -1.74. The second-order valence-corrected chi connectivity index (χ2v) is 8.23. The fraction of sp³-hybridized carbons (Fsp3) is 0.421. The molecular formula is C19H23ClO3. The molecular weight excluding hydrogens is 312 g/mol. The Morgan fingerprint density at radius 3 is 1.83 bits per heavy atom. The molecule has 0 radical (unpaired) electrons. The molecule has 0 amide bonds. The molecule has 0 unspecified atom stereocenters. The van der Waals surface area contributed by atoms with Gasteiger partial charge in [0.1, 0.15) is 5.75 Å². The number of halogens is 1. The molecule has 23 heavy (non-hydrogen) atoms. The van der Waals surface area contributed by atoms with Gasteiger partial charge in [-0.15, -0.1) is 0 Å². The minimum atomic E-state index is -0.290. The summed E-state index contributed by atoms with van der Waals surface area (Å²) in [6, 6.07) is 6.59. The molecule has 1 heterocycles. The molecule has 0 aliphatic carbocycles. The number of ketones is 1. The van der Waals surface area contributed by atoms with E-state index in [0.29, 0.717) is 5.56 Å². The molecule has 0 spiro atoms. The van der Waals surface area contributed by atoms with Gasteiger partial charge < -0.3 is 9.52 Å². The van der Waals surface area contributed by atoms with Crippen molar-refractivity contribution >= 4 is 17.4 Å². The quantitative estimate of drug-likeness (QED) is 0.741. The number of carbonyl (C=O) groups is 1. The Labute approximate surface area is 142 Å². The van der Waals surface area contributed by atoms with Crippen molar-refractivity contribution in [1.82, 2.24) is 0 Å². The lowest BCUT2D eigenvalue weighted by atomic mass is 9.78. The van der Waals surface area contributed by atoms with Crippen molar-refractivity contribution in [3.8, 4) is 5.75 Å². The minimum absolute atomic E-state index is 0.180. The zero-order valence-electron chi connectivity index (χ0n) is 14.5. The number of hydrogen-bond donors (Lipinski definition) is 1. The summed E-state index contributed by atoms with van der Waals surface area (Å²) in [5, 5.41) is 10.9. The molecule has 4 heteroatoms. The maximum atomic E-state index is 12.7. The highest BCUT2D eigenvalue weighted by molar-refractivity contribution is 6.29. The normalized spacial score (nSPS) is 12.5. The van der Waals surface area contributed by atoms with E-state index in [1.807, 2.05) is 41.5 Å². The molecule has 0 aliphatic heterocycles. The summed E-state index contributed by atoms with van der Waals surface area (Å²) in [6.45, 7) is 12.0. The highest BCUT2D eigenvalue weighted by Gasteiger charge is 2.28. The van der Waals surface area contributed by atoms with E-state index in [-0.39, 0.29) is 33.3 Å². The number of hydrogen-bond acceptors (Lipinski definition) is 3. The van der Waals surface area contributed by atoms with Crippen LogP contribution in [0.25, 0.3) is 0 Å². The van der Waals surface area contributed by atoms with Gasteiger partial charge in [0, 0.05) is 16.7 Å². The predicted octanol–water partition coefficient (Wildman–Crippen LogP) is 5.46. The van der Waals surface area contributed by atoms with E-state index in [0.717, 1.165) is 11.1 Å². The number of phenols is 1. The molecule has 2 aromatic rings. The maximum absolute atomic E-state index is 12.7. The second kappa shape index (κ2) is 5.72. The Balaban J connectivity index is 2.67. The van der Waals surface area contributed by atoms with Gasteiger partial charge >= 0.3 is 0 Å². The lowest BCUT2D eigenvalue weighted by Gasteiger charge is -2.28. The van der Waals surface area contributed by atoms with E-state index < -0.39 is 0 Å². The molecule has 0 bridgehead atoms. The fourth-order valence-electron chi connectivity index (χ4n) is 2.49. The number of phenolic OH excluding ortho intramolecular Hbond substituents is 1. The second-order valence-electron chi connectivity index (χ2n) is 7.85. The fourth-order valence-corrected chi connectivity index (χ4v) is 2.63. The number of furan rings is 1. The van der Waals surface area contributed by atoms with Crippen LogP contribution in [0, 0.1) is 0 Å². The van der Waals surface area contributed by atoms with Crippen molar-refractivity contribution in [3.63, 3.8) is 0 Å². The van der Waals surface area contributed by atoms with Crippen molar-refractivity contribution in [2.75, 3.05) is 0 Å². The van der Waals surface area contributed by atoms with Crippen LogP contribution in [-0.2, 0) is 10.8 Å². The smallest absolute Gasteiger partial charge is 0.228 e. The van der Waals surface area contributed by atoms with Crippen molar-refractivity contribution in [2.24, 2.45) is 0 Å². The SMILES string of the molecule is CC(C)(C)c1cc(C(=O)c2ccc(Cl)o2)cc(C(C)(C)C)c1O. The molecule has 1 aromatic heterocycles. The predicted molar refractivity (Wildman–Crippen MR) is 92.7 cm³/mol. The highest BCUT2D eigenvalue weighted by atomic mass is 35.5. The Morgan fingerprint density at radius 1 is 1.00 bits per heavy atom. The maximum Gasteiger partial charge on any atom is 0.228 e. The monoisotopic (exact) mass is 334 g/mol. The summed E-state index contributed by atoms with van der Waals surface area (Å²) in [6.07, 6.45) is 0. The third kappa shape index (κ3) is 3.61. The van der Waals surface area contributed by atoms with Crippen molar-refractivity contribution in [1.29, 1.82) is 0 Å². The minimum Gasteiger partial charge on any atom is -0.507 e. The number of aromatic hydroxyl groups is 1. The van der Waals surface area contributed by atoms with Crippen LogP contribution in [0.4, 0.5) is 0 Å². The van der Waals surface area contributed by atoms with Crippen LogP contribution in [0.1, 0.15) is 68.8 Å². The molecule has 1 N–H and O–H groups in total. The van der Waals surface area contributed by atoms with Crippen LogP contribution in [0.5, 0.6) is 5.75 Å². The summed E-state index contributed by atoms with van der Waals surface area (Å²) >= 11 is 5.77. The molecule has 0 saturated carbocycles. The Kier molecular flexibility index (Phi) is 4.38. The van der Waals surface area contributed by atoms with Gasteiger partial charge in [0.05, 0.1) is 0 Å². The van der Waals surface area contributed by atoms with Gasteiger partial charge in [0.2, 0.25) is 5.78 Å².